The largest absolute Gasteiger partial charge is 0.461 e. The van der Waals surface area contributed by atoms with Gasteiger partial charge in [0.2, 0.25) is 0 Å². The lowest BCUT2D eigenvalue weighted by Crippen LogP contribution is -2.09. The normalized spacial score (nSPS) is 14.2. The van der Waals surface area contributed by atoms with E-state index in [1.165, 1.54) is 18.4 Å². The summed E-state index contributed by atoms with van der Waals surface area (Å²) < 4.78 is 6.98. The van der Waals surface area contributed by atoms with Gasteiger partial charge in [-0.15, -0.1) is 0 Å². The van der Waals surface area contributed by atoms with Gasteiger partial charge in [-0.2, -0.15) is 5.10 Å². The Bertz CT molecular complexity index is 600. The predicted octanol–water partition coefficient (Wildman–Crippen LogP) is 2.99. The van der Waals surface area contributed by atoms with Crippen molar-refractivity contribution in [1.29, 1.82) is 0 Å². The highest BCUT2D eigenvalue weighted by Gasteiger charge is 2.29. The summed E-state index contributed by atoms with van der Waals surface area (Å²) in [5.41, 5.74) is 2.76. The van der Waals surface area contributed by atoms with E-state index in [4.69, 9.17) is 4.74 Å². The fourth-order valence-electron chi connectivity index (χ4n) is 2.33. The van der Waals surface area contributed by atoms with Crippen molar-refractivity contribution in [3.05, 3.63) is 53.3 Å². The molecule has 20 heavy (non-hydrogen) atoms. The molecule has 1 heterocycles. The molecule has 1 aromatic carbocycles. The number of hydrogen-bond acceptors (Lipinski definition) is 3. The maximum atomic E-state index is 11.8. The van der Waals surface area contributed by atoms with Gasteiger partial charge in [-0.05, 0) is 31.4 Å². The predicted molar refractivity (Wildman–Crippen MR) is 75.7 cm³/mol. The summed E-state index contributed by atoms with van der Waals surface area (Å²) in [4.78, 5) is 11.8. The average molecular weight is 270 g/mol. The molecule has 4 nitrogen and oxygen atoms in total. The molecule has 0 radical (unpaired) electrons. The molecule has 0 atom stereocenters. The van der Waals surface area contributed by atoms with E-state index < -0.39 is 0 Å². The van der Waals surface area contributed by atoms with E-state index in [1.807, 2.05) is 28.9 Å². The quantitative estimate of drug-likeness (QED) is 0.784. The van der Waals surface area contributed by atoms with E-state index in [-0.39, 0.29) is 5.97 Å². The Morgan fingerprint density at radius 1 is 1.35 bits per heavy atom. The molecular weight excluding hydrogens is 252 g/mol. The van der Waals surface area contributed by atoms with E-state index in [9.17, 15) is 4.79 Å². The Balaban J connectivity index is 1.87. The average Bonchev–Trinajstić information content (AvgIpc) is 3.22. The Hall–Kier alpha value is -2.10. The maximum absolute atomic E-state index is 11.8. The zero-order valence-electron chi connectivity index (χ0n) is 11.6. The van der Waals surface area contributed by atoms with Gasteiger partial charge in [-0.1, -0.05) is 30.3 Å². The third kappa shape index (κ3) is 2.74. The van der Waals surface area contributed by atoms with Crippen molar-refractivity contribution in [3.63, 3.8) is 0 Å². The van der Waals surface area contributed by atoms with Crippen LogP contribution in [0.3, 0.4) is 0 Å². The Morgan fingerprint density at radius 3 is 2.75 bits per heavy atom. The minimum absolute atomic E-state index is 0.332. The van der Waals surface area contributed by atoms with Crippen LogP contribution >= 0.6 is 0 Å². The topological polar surface area (TPSA) is 44.1 Å². The summed E-state index contributed by atoms with van der Waals surface area (Å²) in [6.07, 6.45) is 2.37. The first-order valence-electron chi connectivity index (χ1n) is 7.06. The zero-order valence-corrected chi connectivity index (χ0v) is 11.6. The number of nitrogens with zero attached hydrogens (tertiary/aromatic N) is 2. The fourth-order valence-corrected chi connectivity index (χ4v) is 2.33. The van der Waals surface area contributed by atoms with Crippen LogP contribution in [0.25, 0.3) is 0 Å². The number of carbonyl (C=O) groups excluding carboxylic acids is 1. The number of aromatic nitrogens is 2. The minimum Gasteiger partial charge on any atom is -0.461 e. The second kappa shape index (κ2) is 5.49. The van der Waals surface area contributed by atoms with E-state index >= 15 is 0 Å². The zero-order chi connectivity index (χ0) is 13.9. The van der Waals surface area contributed by atoms with Crippen LogP contribution in [0.5, 0.6) is 0 Å². The molecule has 0 N–H and O–H groups in total. The lowest BCUT2D eigenvalue weighted by molar-refractivity contribution is 0.0518. The van der Waals surface area contributed by atoms with E-state index in [0.29, 0.717) is 24.8 Å². The molecule has 1 saturated carbocycles. The molecule has 0 bridgehead atoms. The van der Waals surface area contributed by atoms with Crippen LogP contribution in [0.2, 0.25) is 0 Å². The van der Waals surface area contributed by atoms with Crippen LogP contribution in [0.4, 0.5) is 0 Å². The molecule has 1 aliphatic rings. The molecule has 1 aliphatic carbocycles. The van der Waals surface area contributed by atoms with Crippen LogP contribution in [-0.2, 0) is 11.3 Å². The molecule has 0 amide bonds. The standard InChI is InChI=1S/C16H18N2O2/c1-2-20-16(19)14-10-15(13-8-9-13)18(17-14)11-12-6-4-3-5-7-12/h3-7,10,13H,2,8-9,11H2,1H3. The highest BCUT2D eigenvalue weighted by molar-refractivity contribution is 5.87. The van der Waals surface area contributed by atoms with Crippen molar-refractivity contribution in [1.82, 2.24) is 9.78 Å². The highest BCUT2D eigenvalue weighted by Crippen LogP contribution is 2.40. The molecule has 0 saturated heterocycles. The summed E-state index contributed by atoms with van der Waals surface area (Å²) in [5, 5.41) is 4.43. The minimum atomic E-state index is -0.332. The molecule has 4 heteroatoms. The summed E-state index contributed by atoms with van der Waals surface area (Å²) >= 11 is 0. The van der Waals surface area contributed by atoms with Crippen LogP contribution < -0.4 is 0 Å². The van der Waals surface area contributed by atoms with E-state index in [0.717, 1.165) is 5.69 Å². The number of hydrogen-bond donors (Lipinski definition) is 0. The summed E-state index contributed by atoms with van der Waals surface area (Å²) in [7, 11) is 0. The van der Waals surface area contributed by atoms with Crippen molar-refractivity contribution in [3.8, 4) is 0 Å². The van der Waals surface area contributed by atoms with Crippen molar-refractivity contribution in [2.75, 3.05) is 6.61 Å². The molecule has 1 fully saturated rings. The first-order chi connectivity index (χ1) is 9.78. The molecule has 104 valence electrons. The van der Waals surface area contributed by atoms with Gasteiger partial charge in [0.15, 0.2) is 5.69 Å². The molecule has 1 aromatic heterocycles. The fraction of sp³-hybridized carbons (Fsp3) is 0.375. The van der Waals surface area contributed by atoms with Crippen molar-refractivity contribution >= 4 is 5.97 Å². The molecule has 2 aromatic rings. The van der Waals surface area contributed by atoms with Gasteiger partial charge >= 0.3 is 5.97 Å². The first-order valence-corrected chi connectivity index (χ1v) is 7.06. The lowest BCUT2D eigenvalue weighted by Gasteiger charge is -2.06. The molecule has 0 aliphatic heterocycles. The highest BCUT2D eigenvalue weighted by atomic mass is 16.5. The van der Waals surface area contributed by atoms with Crippen LogP contribution in [0.1, 0.15) is 47.4 Å². The number of rotatable bonds is 5. The SMILES string of the molecule is CCOC(=O)c1cc(C2CC2)n(Cc2ccccc2)n1. The summed E-state index contributed by atoms with van der Waals surface area (Å²) in [6.45, 7) is 2.88. The van der Waals surface area contributed by atoms with E-state index in [1.54, 1.807) is 6.92 Å². The third-order valence-corrected chi connectivity index (χ3v) is 3.47. The van der Waals surface area contributed by atoms with Gasteiger partial charge in [0, 0.05) is 11.6 Å². The monoisotopic (exact) mass is 270 g/mol. The molecule has 0 unspecified atom stereocenters. The van der Waals surface area contributed by atoms with Crippen molar-refractivity contribution in [2.45, 2.75) is 32.2 Å². The summed E-state index contributed by atoms with van der Waals surface area (Å²) in [5.74, 6) is 0.218. The smallest absolute Gasteiger partial charge is 0.358 e. The number of esters is 1. The molecule has 0 spiro atoms. The molecule has 3 rings (SSSR count). The van der Waals surface area contributed by atoms with E-state index in [2.05, 4.69) is 17.2 Å². The third-order valence-electron chi connectivity index (χ3n) is 3.47. The van der Waals surface area contributed by atoms with Gasteiger partial charge in [-0.3, -0.25) is 4.68 Å². The number of benzene rings is 1. The Labute approximate surface area is 118 Å². The second-order valence-electron chi connectivity index (χ2n) is 5.09. The van der Waals surface area contributed by atoms with Gasteiger partial charge in [0.05, 0.1) is 13.2 Å². The van der Waals surface area contributed by atoms with Crippen LogP contribution in [0.15, 0.2) is 36.4 Å². The van der Waals surface area contributed by atoms with Gasteiger partial charge in [0.1, 0.15) is 0 Å². The van der Waals surface area contributed by atoms with Gasteiger partial charge in [-0.25, -0.2) is 4.79 Å². The van der Waals surface area contributed by atoms with Gasteiger partial charge < -0.3 is 4.74 Å². The lowest BCUT2D eigenvalue weighted by atomic mass is 10.2. The Kier molecular flexibility index (Phi) is 3.54. The second-order valence-corrected chi connectivity index (χ2v) is 5.09. The maximum Gasteiger partial charge on any atom is 0.358 e. The summed E-state index contributed by atoms with van der Waals surface area (Å²) in [6, 6.07) is 12.1. The van der Waals surface area contributed by atoms with Crippen molar-refractivity contribution in [2.24, 2.45) is 0 Å². The Morgan fingerprint density at radius 2 is 2.10 bits per heavy atom. The van der Waals surface area contributed by atoms with Gasteiger partial charge in [0.25, 0.3) is 0 Å². The number of ether oxygens (including phenoxy) is 1. The van der Waals surface area contributed by atoms with Crippen LogP contribution in [0, 0.1) is 0 Å². The van der Waals surface area contributed by atoms with Crippen molar-refractivity contribution < 1.29 is 9.53 Å². The first kappa shape index (κ1) is 12.9. The van der Waals surface area contributed by atoms with Crippen LogP contribution in [-0.4, -0.2) is 22.4 Å². The molecular formula is C16H18N2O2. The number of carbonyl (C=O) groups is 1.